The Kier molecular flexibility index (Phi) is 5.60. The Bertz CT molecular complexity index is 357. The highest BCUT2D eigenvalue weighted by molar-refractivity contribution is 7.99. The van der Waals surface area contributed by atoms with Crippen LogP contribution in [0.3, 0.4) is 0 Å². The number of benzene rings is 1. The van der Waals surface area contributed by atoms with Gasteiger partial charge in [0, 0.05) is 16.7 Å². The molecule has 16 heavy (non-hydrogen) atoms. The lowest BCUT2D eigenvalue weighted by atomic mass is 10.2. The van der Waals surface area contributed by atoms with Crippen molar-refractivity contribution in [3.63, 3.8) is 0 Å². The fourth-order valence-electron chi connectivity index (χ4n) is 1.44. The molecule has 0 bridgehead atoms. The lowest BCUT2D eigenvalue weighted by molar-refractivity contribution is 0.673. The molecule has 0 amide bonds. The molecule has 3 heteroatoms. The number of nitrogens with one attached hydrogen (secondary N) is 1. The second kappa shape index (κ2) is 6.74. The number of aryl methyl sites for hydroxylation is 1. The fourth-order valence-corrected chi connectivity index (χ4v) is 2.47. The maximum atomic E-state index is 5.52. The Morgan fingerprint density at radius 2 is 2.12 bits per heavy atom. The zero-order chi connectivity index (χ0) is 12.0. The van der Waals surface area contributed by atoms with Crippen LogP contribution >= 0.6 is 11.8 Å². The van der Waals surface area contributed by atoms with E-state index >= 15 is 0 Å². The molecule has 0 aliphatic heterocycles. The van der Waals surface area contributed by atoms with Crippen molar-refractivity contribution in [3.8, 4) is 0 Å². The van der Waals surface area contributed by atoms with Crippen LogP contribution in [0, 0.1) is 6.92 Å². The molecule has 0 radical (unpaired) electrons. The van der Waals surface area contributed by atoms with Crippen LogP contribution in [0.25, 0.3) is 0 Å². The molecule has 88 valence electrons. The van der Waals surface area contributed by atoms with Crippen molar-refractivity contribution in [2.24, 2.45) is 5.84 Å². The normalized spacial score (nSPS) is 12.2. The fraction of sp³-hybridized carbons (Fsp3) is 0.385. The molecule has 0 fully saturated rings. The molecule has 1 rings (SSSR count). The standard InChI is InChI=1S/C13H20N2S/c1-10(2)8-12(15-14)9-16-13-7-5-4-6-11(13)3/h4-8,12,15H,9,14H2,1-3H3. The molecular formula is C13H20N2S. The third-order valence-corrected chi connectivity index (χ3v) is 3.56. The quantitative estimate of drug-likeness (QED) is 0.357. The van der Waals surface area contributed by atoms with Gasteiger partial charge in [-0.1, -0.05) is 29.8 Å². The van der Waals surface area contributed by atoms with Crippen molar-refractivity contribution >= 4 is 11.8 Å². The van der Waals surface area contributed by atoms with Crippen molar-refractivity contribution in [2.45, 2.75) is 31.7 Å². The van der Waals surface area contributed by atoms with Crippen molar-refractivity contribution in [3.05, 3.63) is 41.5 Å². The van der Waals surface area contributed by atoms with Gasteiger partial charge in [0.2, 0.25) is 0 Å². The molecule has 0 aromatic heterocycles. The summed E-state index contributed by atoms with van der Waals surface area (Å²) in [5.41, 5.74) is 5.43. The molecule has 0 spiro atoms. The van der Waals surface area contributed by atoms with Crippen LogP contribution in [0.1, 0.15) is 19.4 Å². The summed E-state index contributed by atoms with van der Waals surface area (Å²) in [6.45, 7) is 6.31. The first-order chi connectivity index (χ1) is 7.63. The molecule has 1 aromatic carbocycles. The Morgan fingerprint density at radius 1 is 1.44 bits per heavy atom. The first-order valence-electron chi connectivity index (χ1n) is 5.43. The van der Waals surface area contributed by atoms with Gasteiger partial charge >= 0.3 is 0 Å². The first-order valence-corrected chi connectivity index (χ1v) is 6.41. The van der Waals surface area contributed by atoms with Gasteiger partial charge < -0.3 is 0 Å². The topological polar surface area (TPSA) is 38.0 Å². The number of allylic oxidation sites excluding steroid dienone is 1. The van der Waals surface area contributed by atoms with Crippen LogP contribution in [-0.2, 0) is 0 Å². The summed E-state index contributed by atoms with van der Waals surface area (Å²) in [7, 11) is 0. The Morgan fingerprint density at radius 3 is 2.69 bits per heavy atom. The van der Waals surface area contributed by atoms with Crippen LogP contribution in [0.15, 0.2) is 40.8 Å². The molecule has 0 saturated heterocycles. The summed E-state index contributed by atoms with van der Waals surface area (Å²) in [6.07, 6.45) is 2.16. The largest absolute Gasteiger partial charge is 0.271 e. The van der Waals surface area contributed by atoms with E-state index in [9.17, 15) is 0 Å². The minimum atomic E-state index is 0.231. The van der Waals surface area contributed by atoms with E-state index in [-0.39, 0.29) is 6.04 Å². The summed E-state index contributed by atoms with van der Waals surface area (Å²) in [6, 6.07) is 8.65. The van der Waals surface area contributed by atoms with Crippen molar-refractivity contribution in [1.29, 1.82) is 0 Å². The highest BCUT2D eigenvalue weighted by Crippen LogP contribution is 2.22. The van der Waals surface area contributed by atoms with Gasteiger partial charge in [-0.15, -0.1) is 11.8 Å². The molecular weight excluding hydrogens is 216 g/mol. The summed E-state index contributed by atoms with van der Waals surface area (Å²) in [5, 5.41) is 0. The molecule has 0 saturated carbocycles. The van der Waals surface area contributed by atoms with Crippen LogP contribution in [0.4, 0.5) is 0 Å². The van der Waals surface area contributed by atoms with Crippen molar-refractivity contribution in [1.82, 2.24) is 5.43 Å². The lowest BCUT2D eigenvalue weighted by Gasteiger charge is -2.12. The second-order valence-electron chi connectivity index (χ2n) is 4.09. The summed E-state index contributed by atoms with van der Waals surface area (Å²) < 4.78 is 0. The minimum Gasteiger partial charge on any atom is -0.271 e. The van der Waals surface area contributed by atoms with E-state index in [4.69, 9.17) is 5.84 Å². The molecule has 3 N–H and O–H groups in total. The van der Waals surface area contributed by atoms with Gasteiger partial charge in [0.1, 0.15) is 0 Å². The van der Waals surface area contributed by atoms with E-state index in [1.165, 1.54) is 16.0 Å². The lowest BCUT2D eigenvalue weighted by Crippen LogP contribution is -2.35. The van der Waals surface area contributed by atoms with E-state index in [2.05, 4.69) is 56.5 Å². The number of hydrogen-bond acceptors (Lipinski definition) is 3. The van der Waals surface area contributed by atoms with Gasteiger partial charge in [0.25, 0.3) is 0 Å². The second-order valence-corrected chi connectivity index (χ2v) is 5.16. The minimum absolute atomic E-state index is 0.231. The van der Waals surface area contributed by atoms with Crippen molar-refractivity contribution < 1.29 is 0 Å². The first kappa shape index (κ1) is 13.3. The number of hydrogen-bond donors (Lipinski definition) is 2. The van der Waals surface area contributed by atoms with Gasteiger partial charge in [0.05, 0.1) is 0 Å². The molecule has 0 aliphatic rings. The maximum Gasteiger partial charge on any atom is 0.0486 e. The van der Waals surface area contributed by atoms with E-state index in [0.29, 0.717) is 0 Å². The predicted molar refractivity (Wildman–Crippen MR) is 72.4 cm³/mol. The van der Waals surface area contributed by atoms with E-state index in [1.807, 2.05) is 11.8 Å². The van der Waals surface area contributed by atoms with Gasteiger partial charge in [-0.25, -0.2) is 0 Å². The third-order valence-electron chi connectivity index (χ3n) is 2.26. The van der Waals surface area contributed by atoms with Crippen LogP contribution in [0.5, 0.6) is 0 Å². The SMILES string of the molecule is CC(C)=CC(CSc1ccccc1C)NN. The Labute approximate surface area is 102 Å². The van der Waals surface area contributed by atoms with E-state index in [0.717, 1.165) is 5.75 Å². The summed E-state index contributed by atoms with van der Waals surface area (Å²) >= 11 is 1.83. The average Bonchev–Trinajstić information content (AvgIpc) is 2.25. The molecule has 1 aromatic rings. The smallest absolute Gasteiger partial charge is 0.0486 e. The van der Waals surface area contributed by atoms with Crippen LogP contribution in [-0.4, -0.2) is 11.8 Å². The Hall–Kier alpha value is -0.770. The number of hydrazine groups is 1. The Balaban J connectivity index is 2.56. The monoisotopic (exact) mass is 236 g/mol. The van der Waals surface area contributed by atoms with Gasteiger partial charge in [-0.2, -0.15) is 0 Å². The van der Waals surface area contributed by atoms with Crippen LogP contribution < -0.4 is 11.3 Å². The van der Waals surface area contributed by atoms with Gasteiger partial charge in [0.15, 0.2) is 0 Å². The molecule has 0 aliphatic carbocycles. The van der Waals surface area contributed by atoms with Crippen LogP contribution in [0.2, 0.25) is 0 Å². The highest BCUT2D eigenvalue weighted by atomic mass is 32.2. The number of rotatable bonds is 5. The average molecular weight is 236 g/mol. The highest BCUT2D eigenvalue weighted by Gasteiger charge is 2.04. The predicted octanol–water partition coefficient (Wildman–Crippen LogP) is 2.89. The van der Waals surface area contributed by atoms with Gasteiger partial charge in [-0.05, 0) is 32.4 Å². The zero-order valence-electron chi connectivity index (χ0n) is 10.2. The molecule has 1 unspecified atom stereocenters. The molecule has 2 nitrogen and oxygen atoms in total. The number of thioether (sulfide) groups is 1. The van der Waals surface area contributed by atoms with Crippen molar-refractivity contribution in [2.75, 3.05) is 5.75 Å². The van der Waals surface area contributed by atoms with E-state index in [1.54, 1.807) is 0 Å². The zero-order valence-corrected chi connectivity index (χ0v) is 11.0. The third kappa shape index (κ3) is 4.39. The summed E-state index contributed by atoms with van der Waals surface area (Å²) in [5.74, 6) is 6.47. The summed E-state index contributed by atoms with van der Waals surface area (Å²) in [4.78, 5) is 1.32. The van der Waals surface area contributed by atoms with E-state index < -0.39 is 0 Å². The number of nitrogens with two attached hydrogens (primary N) is 1. The maximum absolute atomic E-state index is 5.52. The molecule has 0 heterocycles. The van der Waals surface area contributed by atoms with Gasteiger partial charge in [-0.3, -0.25) is 11.3 Å². The molecule has 1 atom stereocenters.